The molecule has 0 bridgehead atoms. The summed E-state index contributed by atoms with van der Waals surface area (Å²) in [7, 11) is -3.47. The van der Waals surface area contributed by atoms with E-state index in [1.807, 2.05) is 19.1 Å². The highest BCUT2D eigenvalue weighted by molar-refractivity contribution is 7.89. The van der Waals surface area contributed by atoms with Crippen LogP contribution in [-0.2, 0) is 10.0 Å². The SMILES string of the molecule is Cc1cccc(S(=O)(=O)N2CCC[C@H]2CN2CCC(c3nc4cc(F)ccc4[nH]3)CC2)c1. The number of hydrogen-bond acceptors (Lipinski definition) is 4. The van der Waals surface area contributed by atoms with Crippen LogP contribution < -0.4 is 0 Å². The summed E-state index contributed by atoms with van der Waals surface area (Å²) >= 11 is 0. The molecule has 0 spiro atoms. The summed E-state index contributed by atoms with van der Waals surface area (Å²) in [5.74, 6) is 0.972. The van der Waals surface area contributed by atoms with Crippen LogP contribution in [0.1, 0.15) is 43.0 Å². The molecule has 2 aliphatic rings. The normalized spacial score (nSPS) is 21.5. The number of fused-ring (bicyclic) bond motifs is 1. The Morgan fingerprint density at radius 2 is 1.91 bits per heavy atom. The highest BCUT2D eigenvalue weighted by atomic mass is 32.2. The Labute approximate surface area is 188 Å². The number of rotatable bonds is 5. The van der Waals surface area contributed by atoms with Crippen LogP contribution in [0.2, 0.25) is 0 Å². The van der Waals surface area contributed by atoms with Gasteiger partial charge in [-0.1, -0.05) is 12.1 Å². The van der Waals surface area contributed by atoms with Gasteiger partial charge in [-0.3, -0.25) is 0 Å². The molecule has 0 amide bonds. The Hall–Kier alpha value is -2.29. The first-order valence-electron chi connectivity index (χ1n) is 11.4. The maximum absolute atomic E-state index is 13.5. The third kappa shape index (κ3) is 4.19. The molecule has 2 aromatic carbocycles. The number of benzene rings is 2. The number of aromatic amines is 1. The second kappa shape index (κ2) is 8.57. The Balaban J connectivity index is 1.23. The Morgan fingerprint density at radius 3 is 2.69 bits per heavy atom. The van der Waals surface area contributed by atoms with Crippen LogP contribution in [0.25, 0.3) is 11.0 Å². The average Bonchev–Trinajstić information content (AvgIpc) is 3.41. The number of halogens is 1. The lowest BCUT2D eigenvalue weighted by Gasteiger charge is -2.35. The zero-order valence-corrected chi connectivity index (χ0v) is 19.1. The molecule has 32 heavy (non-hydrogen) atoms. The highest BCUT2D eigenvalue weighted by Gasteiger charge is 2.37. The maximum atomic E-state index is 13.5. The predicted octanol–water partition coefficient (Wildman–Crippen LogP) is 4.04. The number of aromatic nitrogens is 2. The minimum absolute atomic E-state index is 0.0197. The van der Waals surface area contributed by atoms with Crippen molar-refractivity contribution in [1.82, 2.24) is 19.2 Å². The van der Waals surface area contributed by atoms with Crippen molar-refractivity contribution in [3.8, 4) is 0 Å². The fourth-order valence-electron chi connectivity index (χ4n) is 5.10. The van der Waals surface area contributed by atoms with E-state index in [0.717, 1.165) is 62.2 Å². The van der Waals surface area contributed by atoms with Crippen molar-refractivity contribution in [2.24, 2.45) is 0 Å². The summed E-state index contributed by atoms with van der Waals surface area (Å²) < 4.78 is 41.7. The molecule has 2 saturated heterocycles. The molecule has 2 aliphatic heterocycles. The molecular weight excluding hydrogens is 427 g/mol. The fraction of sp³-hybridized carbons (Fsp3) is 0.458. The maximum Gasteiger partial charge on any atom is 0.243 e. The first kappa shape index (κ1) is 21.6. The summed E-state index contributed by atoms with van der Waals surface area (Å²) in [4.78, 5) is 10.7. The van der Waals surface area contributed by atoms with E-state index in [1.165, 1.54) is 12.1 Å². The standard InChI is InChI=1S/C24H29FN4O2S/c1-17-4-2-6-21(14-17)32(30,31)29-11-3-5-20(29)16-28-12-9-18(10-13-28)24-26-22-8-7-19(25)15-23(22)27-24/h2,4,6-8,14-15,18,20H,3,5,9-13,16H2,1H3,(H,26,27)/t20-/m0/s1. The average molecular weight is 457 g/mol. The molecule has 8 heteroatoms. The van der Waals surface area contributed by atoms with Crippen LogP contribution >= 0.6 is 0 Å². The zero-order chi connectivity index (χ0) is 22.3. The Bertz CT molecular complexity index is 1220. The van der Waals surface area contributed by atoms with Crippen molar-refractivity contribution in [3.63, 3.8) is 0 Å². The van der Waals surface area contributed by atoms with Gasteiger partial charge in [-0.05, 0) is 75.5 Å². The molecule has 6 nitrogen and oxygen atoms in total. The number of nitrogens with one attached hydrogen (secondary N) is 1. The number of nitrogens with zero attached hydrogens (tertiary/aromatic N) is 3. The predicted molar refractivity (Wildman–Crippen MR) is 123 cm³/mol. The second-order valence-electron chi connectivity index (χ2n) is 9.09. The molecule has 1 aromatic heterocycles. The minimum atomic E-state index is -3.47. The number of hydrogen-bond donors (Lipinski definition) is 1. The first-order chi connectivity index (χ1) is 15.4. The number of H-pyrrole nitrogens is 1. The molecule has 0 saturated carbocycles. The van der Waals surface area contributed by atoms with E-state index < -0.39 is 10.0 Å². The monoisotopic (exact) mass is 456 g/mol. The van der Waals surface area contributed by atoms with Crippen molar-refractivity contribution in [2.75, 3.05) is 26.2 Å². The van der Waals surface area contributed by atoms with Gasteiger partial charge in [0.2, 0.25) is 10.0 Å². The number of piperidine rings is 1. The Morgan fingerprint density at radius 1 is 1.09 bits per heavy atom. The second-order valence-corrected chi connectivity index (χ2v) is 11.0. The summed E-state index contributed by atoms with van der Waals surface area (Å²) in [6.07, 6.45) is 3.72. The largest absolute Gasteiger partial charge is 0.342 e. The van der Waals surface area contributed by atoms with Crippen LogP contribution in [-0.4, -0.2) is 59.8 Å². The van der Waals surface area contributed by atoms with Gasteiger partial charge in [-0.2, -0.15) is 4.31 Å². The van der Waals surface area contributed by atoms with E-state index in [2.05, 4.69) is 14.9 Å². The van der Waals surface area contributed by atoms with Gasteiger partial charge in [0.05, 0.1) is 15.9 Å². The van der Waals surface area contributed by atoms with E-state index in [-0.39, 0.29) is 11.9 Å². The van der Waals surface area contributed by atoms with Gasteiger partial charge >= 0.3 is 0 Å². The van der Waals surface area contributed by atoms with E-state index in [0.29, 0.717) is 22.9 Å². The number of aryl methyl sites for hydroxylation is 1. The van der Waals surface area contributed by atoms with E-state index in [4.69, 9.17) is 0 Å². The molecule has 0 radical (unpaired) electrons. The van der Waals surface area contributed by atoms with Gasteiger partial charge in [0.1, 0.15) is 11.6 Å². The van der Waals surface area contributed by atoms with Crippen molar-refractivity contribution in [3.05, 3.63) is 59.7 Å². The lowest BCUT2D eigenvalue weighted by atomic mass is 9.96. The lowest BCUT2D eigenvalue weighted by Crippen LogP contribution is -2.45. The third-order valence-corrected chi connectivity index (χ3v) is 8.77. The summed E-state index contributed by atoms with van der Waals surface area (Å²) in [5.41, 5.74) is 2.49. The molecule has 1 N–H and O–H groups in total. The van der Waals surface area contributed by atoms with Crippen LogP contribution in [0.4, 0.5) is 4.39 Å². The van der Waals surface area contributed by atoms with Crippen molar-refractivity contribution < 1.29 is 12.8 Å². The molecule has 0 aliphatic carbocycles. The van der Waals surface area contributed by atoms with Crippen LogP contribution in [0, 0.1) is 12.7 Å². The fourth-order valence-corrected chi connectivity index (χ4v) is 6.89. The smallest absolute Gasteiger partial charge is 0.243 e. The van der Waals surface area contributed by atoms with E-state index in [1.54, 1.807) is 22.5 Å². The molecule has 170 valence electrons. The topological polar surface area (TPSA) is 69.3 Å². The summed E-state index contributed by atoms with van der Waals surface area (Å²) in [6.45, 7) is 5.09. The van der Waals surface area contributed by atoms with E-state index >= 15 is 0 Å². The number of likely N-dealkylation sites (tertiary alicyclic amines) is 1. The van der Waals surface area contributed by atoms with Crippen LogP contribution in [0.5, 0.6) is 0 Å². The molecule has 3 aromatic rings. The number of sulfonamides is 1. The molecule has 5 rings (SSSR count). The number of imidazole rings is 1. The lowest BCUT2D eigenvalue weighted by molar-refractivity contribution is 0.176. The van der Waals surface area contributed by atoms with Crippen LogP contribution in [0.3, 0.4) is 0 Å². The van der Waals surface area contributed by atoms with Crippen LogP contribution in [0.15, 0.2) is 47.4 Å². The van der Waals surface area contributed by atoms with Crippen molar-refractivity contribution in [2.45, 2.75) is 49.5 Å². The quantitative estimate of drug-likeness (QED) is 0.629. The Kier molecular flexibility index (Phi) is 5.77. The molecular formula is C24H29FN4O2S. The van der Waals surface area contributed by atoms with Gasteiger partial charge in [0, 0.05) is 31.1 Å². The van der Waals surface area contributed by atoms with Gasteiger partial charge in [-0.15, -0.1) is 0 Å². The summed E-state index contributed by atoms with van der Waals surface area (Å²) in [5, 5.41) is 0. The first-order valence-corrected chi connectivity index (χ1v) is 12.8. The van der Waals surface area contributed by atoms with Gasteiger partial charge in [-0.25, -0.2) is 17.8 Å². The molecule has 3 heterocycles. The van der Waals surface area contributed by atoms with Gasteiger partial charge < -0.3 is 9.88 Å². The third-order valence-electron chi connectivity index (χ3n) is 6.83. The molecule has 1 atom stereocenters. The van der Waals surface area contributed by atoms with Crippen molar-refractivity contribution >= 4 is 21.1 Å². The highest BCUT2D eigenvalue weighted by Crippen LogP contribution is 2.31. The molecule has 2 fully saturated rings. The zero-order valence-electron chi connectivity index (χ0n) is 18.3. The van der Waals surface area contributed by atoms with Gasteiger partial charge in [0.15, 0.2) is 0 Å². The van der Waals surface area contributed by atoms with E-state index in [9.17, 15) is 12.8 Å². The molecule has 0 unspecified atom stereocenters. The minimum Gasteiger partial charge on any atom is -0.342 e. The summed E-state index contributed by atoms with van der Waals surface area (Å²) in [6, 6.07) is 11.9. The van der Waals surface area contributed by atoms with Gasteiger partial charge in [0.25, 0.3) is 0 Å². The van der Waals surface area contributed by atoms with Crippen molar-refractivity contribution in [1.29, 1.82) is 0 Å².